The average Bonchev–Trinajstić information content (AvgIpc) is 2.96. The van der Waals surface area contributed by atoms with Crippen LogP contribution in [0.15, 0.2) is 23.6 Å². The molecule has 1 amide bonds. The van der Waals surface area contributed by atoms with Crippen LogP contribution in [0.5, 0.6) is 0 Å². The molecule has 0 spiro atoms. The summed E-state index contributed by atoms with van der Waals surface area (Å²) in [5, 5.41) is 14.9. The van der Waals surface area contributed by atoms with Gasteiger partial charge in [-0.15, -0.1) is 11.3 Å². The SMILES string of the molecule is CC1OCCC1(O)CNC(=O)/C=C/c1cccs1. The van der Waals surface area contributed by atoms with Gasteiger partial charge in [0, 0.05) is 30.5 Å². The van der Waals surface area contributed by atoms with Crippen LogP contribution >= 0.6 is 11.3 Å². The first-order chi connectivity index (χ1) is 8.60. The fraction of sp³-hybridized carbons (Fsp3) is 0.462. The summed E-state index contributed by atoms with van der Waals surface area (Å²) in [5.41, 5.74) is -0.938. The molecule has 0 bridgehead atoms. The fourth-order valence-corrected chi connectivity index (χ4v) is 2.46. The average molecular weight is 267 g/mol. The molecule has 2 N–H and O–H groups in total. The number of nitrogens with one attached hydrogen (secondary N) is 1. The number of carbonyl (C=O) groups excluding carboxylic acids is 1. The van der Waals surface area contributed by atoms with E-state index in [1.807, 2.05) is 24.4 Å². The van der Waals surface area contributed by atoms with E-state index in [0.29, 0.717) is 13.0 Å². The van der Waals surface area contributed by atoms with Crippen molar-refractivity contribution < 1.29 is 14.6 Å². The Balaban J connectivity index is 1.82. The molecule has 1 aromatic rings. The minimum absolute atomic E-state index is 0.198. The van der Waals surface area contributed by atoms with Crippen molar-refractivity contribution in [3.8, 4) is 0 Å². The van der Waals surface area contributed by atoms with Gasteiger partial charge in [-0.05, 0) is 24.4 Å². The van der Waals surface area contributed by atoms with E-state index in [2.05, 4.69) is 5.32 Å². The zero-order valence-corrected chi connectivity index (χ0v) is 11.1. The van der Waals surface area contributed by atoms with E-state index in [1.54, 1.807) is 17.4 Å². The van der Waals surface area contributed by atoms with Gasteiger partial charge in [0.2, 0.25) is 5.91 Å². The van der Waals surface area contributed by atoms with E-state index < -0.39 is 5.60 Å². The predicted molar refractivity (Wildman–Crippen MR) is 71.3 cm³/mol. The summed E-state index contributed by atoms with van der Waals surface area (Å²) in [6.07, 6.45) is 3.57. The maximum Gasteiger partial charge on any atom is 0.244 e. The molecule has 0 radical (unpaired) electrons. The third kappa shape index (κ3) is 3.19. The highest BCUT2D eigenvalue weighted by molar-refractivity contribution is 7.10. The summed E-state index contributed by atoms with van der Waals surface area (Å²) < 4.78 is 5.30. The number of ether oxygens (including phenoxy) is 1. The van der Waals surface area contributed by atoms with Crippen molar-refractivity contribution in [2.75, 3.05) is 13.2 Å². The molecule has 2 heterocycles. The monoisotopic (exact) mass is 267 g/mol. The highest BCUT2D eigenvalue weighted by atomic mass is 32.1. The van der Waals surface area contributed by atoms with Crippen LogP contribution in [0, 0.1) is 0 Å². The lowest BCUT2D eigenvalue weighted by Gasteiger charge is -2.25. The molecule has 98 valence electrons. The summed E-state index contributed by atoms with van der Waals surface area (Å²) in [7, 11) is 0. The fourth-order valence-electron chi connectivity index (χ4n) is 1.85. The van der Waals surface area contributed by atoms with E-state index >= 15 is 0 Å². The van der Waals surface area contributed by atoms with Crippen molar-refractivity contribution in [1.29, 1.82) is 0 Å². The van der Waals surface area contributed by atoms with Gasteiger partial charge in [-0.25, -0.2) is 0 Å². The number of hydrogen-bond acceptors (Lipinski definition) is 4. The second kappa shape index (κ2) is 5.65. The smallest absolute Gasteiger partial charge is 0.244 e. The van der Waals surface area contributed by atoms with Gasteiger partial charge in [-0.2, -0.15) is 0 Å². The van der Waals surface area contributed by atoms with Gasteiger partial charge in [-0.1, -0.05) is 6.07 Å². The van der Waals surface area contributed by atoms with Gasteiger partial charge >= 0.3 is 0 Å². The van der Waals surface area contributed by atoms with Crippen LogP contribution < -0.4 is 5.32 Å². The molecule has 4 nitrogen and oxygen atoms in total. The standard InChI is InChI=1S/C13H17NO3S/c1-10-13(16,6-7-17-10)9-14-12(15)5-4-11-3-2-8-18-11/h2-5,8,10,16H,6-7,9H2,1H3,(H,14,15)/b5-4+. The van der Waals surface area contributed by atoms with Crippen molar-refractivity contribution in [3.05, 3.63) is 28.5 Å². The molecule has 2 atom stereocenters. The zero-order valence-electron chi connectivity index (χ0n) is 10.3. The quantitative estimate of drug-likeness (QED) is 0.811. The van der Waals surface area contributed by atoms with E-state index in [9.17, 15) is 9.90 Å². The normalized spacial score (nSPS) is 27.8. The van der Waals surface area contributed by atoms with Crippen molar-refractivity contribution in [2.24, 2.45) is 0 Å². The second-order valence-electron chi connectivity index (χ2n) is 4.43. The molecule has 1 aliphatic rings. The molecule has 0 aromatic carbocycles. The molecule has 1 fully saturated rings. The first-order valence-electron chi connectivity index (χ1n) is 5.93. The maximum atomic E-state index is 11.6. The van der Waals surface area contributed by atoms with Crippen LogP contribution in [0.1, 0.15) is 18.2 Å². The number of thiophene rings is 1. The lowest BCUT2D eigenvalue weighted by Crippen LogP contribution is -2.47. The van der Waals surface area contributed by atoms with Gasteiger partial charge in [-0.3, -0.25) is 4.79 Å². The first-order valence-corrected chi connectivity index (χ1v) is 6.81. The Morgan fingerprint density at radius 1 is 1.78 bits per heavy atom. The van der Waals surface area contributed by atoms with Crippen LogP contribution in [0.4, 0.5) is 0 Å². The molecule has 1 aromatic heterocycles. The highest BCUT2D eigenvalue weighted by Crippen LogP contribution is 2.24. The van der Waals surface area contributed by atoms with Gasteiger partial charge in [0.05, 0.1) is 6.10 Å². The Labute approximate surface area is 110 Å². The molecule has 18 heavy (non-hydrogen) atoms. The lowest BCUT2D eigenvalue weighted by molar-refractivity contribution is -0.118. The number of amides is 1. The molecule has 1 saturated heterocycles. The third-order valence-corrected chi connectivity index (χ3v) is 4.01. The molecular formula is C13H17NO3S. The van der Waals surface area contributed by atoms with Crippen LogP contribution in [0.3, 0.4) is 0 Å². The Hall–Kier alpha value is -1.17. The summed E-state index contributed by atoms with van der Waals surface area (Å²) >= 11 is 1.57. The Kier molecular flexibility index (Phi) is 4.16. The van der Waals surface area contributed by atoms with Crippen LogP contribution in [-0.4, -0.2) is 35.9 Å². The van der Waals surface area contributed by atoms with Crippen LogP contribution in [0.25, 0.3) is 6.08 Å². The number of carbonyl (C=O) groups is 1. The van der Waals surface area contributed by atoms with Crippen molar-refractivity contribution >= 4 is 23.3 Å². The van der Waals surface area contributed by atoms with Gasteiger partial charge in [0.1, 0.15) is 5.60 Å². The van der Waals surface area contributed by atoms with Gasteiger partial charge in [0.25, 0.3) is 0 Å². The van der Waals surface area contributed by atoms with Crippen molar-refractivity contribution in [1.82, 2.24) is 5.32 Å². The predicted octanol–water partition coefficient (Wildman–Crippen LogP) is 1.42. The van der Waals surface area contributed by atoms with Crippen LogP contribution in [0.2, 0.25) is 0 Å². The minimum Gasteiger partial charge on any atom is -0.385 e. The minimum atomic E-state index is -0.938. The summed E-state index contributed by atoms with van der Waals surface area (Å²) in [6.45, 7) is 2.58. The first kappa shape index (κ1) is 13.3. The largest absolute Gasteiger partial charge is 0.385 e. The Bertz CT molecular complexity index is 429. The van der Waals surface area contributed by atoms with E-state index in [-0.39, 0.29) is 18.6 Å². The van der Waals surface area contributed by atoms with Gasteiger partial charge in [0.15, 0.2) is 0 Å². The second-order valence-corrected chi connectivity index (χ2v) is 5.41. The maximum absolute atomic E-state index is 11.6. The number of hydrogen-bond donors (Lipinski definition) is 2. The summed E-state index contributed by atoms with van der Waals surface area (Å²) in [6, 6.07) is 3.87. The molecule has 0 aliphatic carbocycles. The third-order valence-electron chi connectivity index (χ3n) is 3.17. The van der Waals surface area contributed by atoms with E-state index in [4.69, 9.17) is 4.74 Å². The molecule has 1 aliphatic heterocycles. The van der Waals surface area contributed by atoms with Crippen molar-refractivity contribution in [2.45, 2.75) is 25.0 Å². The molecule has 2 unspecified atom stereocenters. The van der Waals surface area contributed by atoms with Crippen molar-refractivity contribution in [3.63, 3.8) is 0 Å². The highest BCUT2D eigenvalue weighted by Gasteiger charge is 2.39. The molecule has 5 heteroatoms. The Morgan fingerprint density at radius 3 is 3.22 bits per heavy atom. The number of rotatable bonds is 4. The van der Waals surface area contributed by atoms with E-state index in [0.717, 1.165) is 4.88 Å². The lowest BCUT2D eigenvalue weighted by atomic mass is 9.97. The summed E-state index contributed by atoms with van der Waals surface area (Å²) in [4.78, 5) is 12.6. The molecule has 0 saturated carbocycles. The zero-order chi connectivity index (χ0) is 13.0. The number of aliphatic hydroxyl groups is 1. The topological polar surface area (TPSA) is 58.6 Å². The Morgan fingerprint density at radius 2 is 2.61 bits per heavy atom. The summed E-state index contributed by atoms with van der Waals surface area (Å²) in [5.74, 6) is -0.198. The van der Waals surface area contributed by atoms with Crippen LogP contribution in [-0.2, 0) is 9.53 Å². The van der Waals surface area contributed by atoms with E-state index in [1.165, 1.54) is 6.08 Å². The molecule has 2 rings (SSSR count). The van der Waals surface area contributed by atoms with Gasteiger partial charge < -0.3 is 15.2 Å². The molecular weight excluding hydrogens is 250 g/mol.